The molecule has 0 aromatic carbocycles. The molecule has 0 amide bonds. The number of rotatable bonds is 3. The summed E-state index contributed by atoms with van der Waals surface area (Å²) in [6, 6.07) is 1.80. The first-order chi connectivity index (χ1) is 6.24. The van der Waals surface area contributed by atoms with Crippen molar-refractivity contribution in [3.8, 4) is 0 Å². The molecule has 0 atom stereocenters. The summed E-state index contributed by atoms with van der Waals surface area (Å²) in [5.41, 5.74) is 7.24. The largest absolute Gasteiger partial charge is 0.472 e. The van der Waals surface area contributed by atoms with E-state index in [-0.39, 0.29) is 0 Å². The van der Waals surface area contributed by atoms with Gasteiger partial charge in [-0.05, 0) is 34.7 Å². The molecule has 4 heteroatoms. The van der Waals surface area contributed by atoms with E-state index >= 15 is 0 Å². The van der Waals surface area contributed by atoms with Crippen LogP contribution in [0.15, 0.2) is 46.9 Å². The third-order valence-corrected chi connectivity index (χ3v) is 1.93. The molecule has 0 fully saturated rings. The monoisotopic (exact) mass is 288 g/mol. The lowest BCUT2D eigenvalue weighted by molar-refractivity contribution is 0.566. The van der Waals surface area contributed by atoms with Crippen molar-refractivity contribution in [2.24, 2.45) is 10.7 Å². The van der Waals surface area contributed by atoms with Crippen LogP contribution in [0.4, 0.5) is 0 Å². The molecule has 1 aromatic rings. The molecule has 1 rings (SSSR count). The average Bonchev–Trinajstić information content (AvgIpc) is 2.55. The molecule has 1 heterocycles. The molecule has 13 heavy (non-hydrogen) atoms. The Hall–Kier alpha value is -1.04. The number of nitrogens with two attached hydrogens (primary N) is 1. The molecule has 0 aliphatic carbocycles. The second-order valence-electron chi connectivity index (χ2n) is 2.25. The zero-order chi connectivity index (χ0) is 9.68. The van der Waals surface area contributed by atoms with E-state index in [4.69, 9.17) is 10.2 Å². The highest BCUT2D eigenvalue weighted by Gasteiger charge is 1.97. The second kappa shape index (κ2) is 4.86. The van der Waals surface area contributed by atoms with Crippen LogP contribution in [0.5, 0.6) is 0 Å². The van der Waals surface area contributed by atoms with Gasteiger partial charge in [0.05, 0.1) is 12.5 Å². The summed E-state index contributed by atoms with van der Waals surface area (Å²) in [5, 5.41) is 0. The highest BCUT2D eigenvalue weighted by Crippen LogP contribution is 2.10. The Morgan fingerprint density at radius 1 is 1.69 bits per heavy atom. The fraction of sp³-hybridized carbons (Fsp3) is 0. The summed E-state index contributed by atoms with van der Waals surface area (Å²) in [4.78, 5) is 3.95. The fourth-order valence-electron chi connectivity index (χ4n) is 0.765. The SMILES string of the molecule is C=CN=C(I)/C=C(\N)c1ccoc1. The zero-order valence-electron chi connectivity index (χ0n) is 6.90. The van der Waals surface area contributed by atoms with Crippen molar-refractivity contribution in [1.29, 1.82) is 0 Å². The predicted octanol–water partition coefficient (Wildman–Crippen LogP) is 2.56. The molecule has 2 N–H and O–H groups in total. The van der Waals surface area contributed by atoms with E-state index in [0.29, 0.717) is 5.70 Å². The highest BCUT2D eigenvalue weighted by molar-refractivity contribution is 14.1. The van der Waals surface area contributed by atoms with E-state index in [1.807, 2.05) is 0 Å². The quantitative estimate of drug-likeness (QED) is 0.686. The summed E-state index contributed by atoms with van der Waals surface area (Å²) in [6.45, 7) is 3.49. The Morgan fingerprint density at radius 2 is 2.46 bits per heavy atom. The minimum Gasteiger partial charge on any atom is -0.472 e. The molecule has 0 aliphatic rings. The summed E-state index contributed by atoms with van der Waals surface area (Å²) in [6.07, 6.45) is 6.39. The van der Waals surface area contributed by atoms with E-state index in [0.717, 1.165) is 9.28 Å². The lowest BCUT2D eigenvalue weighted by Crippen LogP contribution is -1.96. The van der Waals surface area contributed by atoms with E-state index in [1.165, 1.54) is 6.20 Å². The fourth-order valence-corrected chi connectivity index (χ4v) is 1.30. The Bertz CT molecular complexity index is 339. The van der Waals surface area contributed by atoms with Gasteiger partial charge in [0.1, 0.15) is 3.72 Å². The van der Waals surface area contributed by atoms with E-state index in [1.54, 1.807) is 24.7 Å². The number of hydrogen-bond donors (Lipinski definition) is 1. The maximum Gasteiger partial charge on any atom is 0.103 e. The van der Waals surface area contributed by atoms with Crippen LogP contribution in [0, 0.1) is 0 Å². The van der Waals surface area contributed by atoms with Crippen molar-refractivity contribution in [2.45, 2.75) is 0 Å². The first-order valence-corrected chi connectivity index (χ1v) is 4.66. The van der Waals surface area contributed by atoms with Crippen LogP contribution in [0.2, 0.25) is 0 Å². The molecule has 68 valence electrons. The van der Waals surface area contributed by atoms with Crippen LogP contribution >= 0.6 is 22.6 Å². The van der Waals surface area contributed by atoms with E-state index in [2.05, 4.69) is 34.2 Å². The molecule has 0 unspecified atom stereocenters. The molecule has 0 bridgehead atoms. The highest BCUT2D eigenvalue weighted by atomic mass is 127. The van der Waals surface area contributed by atoms with Crippen LogP contribution in [0.25, 0.3) is 5.70 Å². The van der Waals surface area contributed by atoms with Gasteiger partial charge in [-0.25, -0.2) is 0 Å². The maximum atomic E-state index is 5.75. The number of hydrogen-bond acceptors (Lipinski definition) is 3. The standard InChI is InChI=1S/C9H9IN2O/c1-2-12-9(10)5-8(11)7-3-4-13-6-7/h2-6H,1,11H2/b8-5-,12-9?. The summed E-state index contributed by atoms with van der Waals surface area (Å²) >= 11 is 2.07. The van der Waals surface area contributed by atoms with Gasteiger partial charge in [0.2, 0.25) is 0 Å². The lowest BCUT2D eigenvalue weighted by atomic mass is 10.2. The van der Waals surface area contributed by atoms with Crippen molar-refractivity contribution in [2.75, 3.05) is 0 Å². The van der Waals surface area contributed by atoms with Gasteiger partial charge in [0.25, 0.3) is 0 Å². The number of furan rings is 1. The van der Waals surface area contributed by atoms with Crippen LogP contribution in [0.3, 0.4) is 0 Å². The normalized spacial score (nSPS) is 13.0. The van der Waals surface area contributed by atoms with Crippen molar-refractivity contribution >= 4 is 32.0 Å². The summed E-state index contributed by atoms with van der Waals surface area (Å²) in [7, 11) is 0. The van der Waals surface area contributed by atoms with Gasteiger partial charge < -0.3 is 10.2 Å². The molecular weight excluding hydrogens is 279 g/mol. The first kappa shape index (κ1) is 10.0. The van der Waals surface area contributed by atoms with Crippen molar-refractivity contribution in [1.82, 2.24) is 0 Å². The van der Waals surface area contributed by atoms with Crippen LogP contribution < -0.4 is 5.73 Å². The van der Waals surface area contributed by atoms with Gasteiger partial charge in [-0.2, -0.15) is 0 Å². The van der Waals surface area contributed by atoms with E-state index in [9.17, 15) is 0 Å². The molecular formula is C9H9IN2O. The minimum absolute atomic E-state index is 0.628. The van der Waals surface area contributed by atoms with Gasteiger partial charge in [-0.15, -0.1) is 0 Å². The predicted molar refractivity (Wildman–Crippen MR) is 62.5 cm³/mol. The number of halogens is 1. The van der Waals surface area contributed by atoms with E-state index < -0.39 is 0 Å². The number of aliphatic imine (C=N–C) groups is 1. The summed E-state index contributed by atoms with van der Waals surface area (Å²) in [5.74, 6) is 0. The topological polar surface area (TPSA) is 51.5 Å². The molecule has 0 aliphatic heterocycles. The molecule has 0 radical (unpaired) electrons. The lowest BCUT2D eigenvalue weighted by Gasteiger charge is -1.94. The van der Waals surface area contributed by atoms with Gasteiger partial charge >= 0.3 is 0 Å². The molecule has 1 aromatic heterocycles. The minimum atomic E-state index is 0.628. The Labute approximate surface area is 90.2 Å². The van der Waals surface area contributed by atoms with Crippen molar-refractivity contribution in [3.63, 3.8) is 0 Å². The average molecular weight is 288 g/mol. The maximum absolute atomic E-state index is 5.75. The first-order valence-electron chi connectivity index (χ1n) is 3.58. The second-order valence-corrected chi connectivity index (χ2v) is 3.35. The third kappa shape index (κ3) is 3.06. The molecule has 0 spiro atoms. The Kier molecular flexibility index (Phi) is 3.75. The van der Waals surface area contributed by atoms with Gasteiger partial charge in [0.15, 0.2) is 0 Å². The number of allylic oxidation sites excluding steroid dienone is 1. The van der Waals surface area contributed by atoms with Gasteiger partial charge in [0, 0.05) is 17.5 Å². The molecule has 0 saturated carbocycles. The van der Waals surface area contributed by atoms with Crippen LogP contribution in [-0.2, 0) is 0 Å². The van der Waals surface area contributed by atoms with Gasteiger partial charge in [-0.1, -0.05) is 6.58 Å². The zero-order valence-corrected chi connectivity index (χ0v) is 9.06. The van der Waals surface area contributed by atoms with Crippen LogP contribution in [-0.4, -0.2) is 3.72 Å². The molecule has 0 saturated heterocycles. The van der Waals surface area contributed by atoms with Crippen LogP contribution in [0.1, 0.15) is 5.56 Å². The smallest absolute Gasteiger partial charge is 0.103 e. The molecule has 3 nitrogen and oxygen atoms in total. The van der Waals surface area contributed by atoms with Gasteiger partial charge in [-0.3, -0.25) is 4.99 Å². The Balaban J connectivity index is 2.84. The third-order valence-electron chi connectivity index (χ3n) is 1.34. The van der Waals surface area contributed by atoms with Crippen molar-refractivity contribution in [3.05, 3.63) is 43.0 Å². The number of nitrogens with zero attached hydrogens (tertiary/aromatic N) is 1. The van der Waals surface area contributed by atoms with Crippen molar-refractivity contribution < 1.29 is 4.42 Å². The summed E-state index contributed by atoms with van der Waals surface area (Å²) < 4.78 is 5.68. The Morgan fingerprint density at radius 3 is 3.00 bits per heavy atom.